The lowest BCUT2D eigenvalue weighted by Crippen LogP contribution is -2.39. The summed E-state index contributed by atoms with van der Waals surface area (Å²) in [5, 5.41) is 5.11. The second-order valence-corrected chi connectivity index (χ2v) is 13.5. The second-order valence-electron chi connectivity index (χ2n) is 7.61. The largest absolute Gasteiger partial charge is 0.234 e. The highest BCUT2D eigenvalue weighted by atomic mass is 32.2. The number of thiazole rings is 1. The van der Waals surface area contributed by atoms with E-state index >= 15 is 0 Å². The van der Waals surface area contributed by atoms with E-state index in [1.54, 1.807) is 0 Å². The Morgan fingerprint density at radius 1 is 0.636 bits per heavy atom. The first-order valence-corrected chi connectivity index (χ1v) is 14.7. The normalized spacial score (nSPS) is 11.4. The van der Waals surface area contributed by atoms with Crippen LogP contribution in [0.4, 0.5) is 0 Å². The average molecular weight is 483 g/mol. The van der Waals surface area contributed by atoms with Gasteiger partial charge in [0, 0.05) is 12.8 Å². The second kappa shape index (κ2) is 10.1. The van der Waals surface area contributed by atoms with Gasteiger partial charge in [0.25, 0.3) is 0 Å². The fourth-order valence-electron chi connectivity index (χ4n) is 4.21. The summed E-state index contributed by atoms with van der Waals surface area (Å²) in [7, 11) is -2.19. The molecule has 0 aliphatic carbocycles. The molecule has 0 saturated heterocycles. The predicted molar refractivity (Wildman–Crippen MR) is 149 cm³/mol. The monoisotopic (exact) mass is 482 g/mol. The molecule has 0 amide bonds. The van der Waals surface area contributed by atoms with Crippen LogP contribution in [0.5, 0.6) is 0 Å². The Labute approximate surface area is 204 Å². The third kappa shape index (κ3) is 4.17. The standard InChI is InChI=1S/C29H25NPS2/c1-2-32-29-27(30-28(33-29)23-15-7-3-8-16-23)31(24-17-9-4-10-18-24,25-19-11-5-12-20-25)26-21-13-6-14-22-26/h3-22H,2H2,1H3. The number of hydrogen-bond acceptors (Lipinski definition) is 3. The molecular formula is C29H25NPS2. The van der Waals surface area contributed by atoms with Gasteiger partial charge in [-0.3, -0.25) is 0 Å². The number of rotatable bonds is 7. The zero-order valence-electron chi connectivity index (χ0n) is 18.5. The Morgan fingerprint density at radius 3 is 1.48 bits per heavy atom. The number of hydrogen-bond donors (Lipinski definition) is 0. The van der Waals surface area contributed by atoms with Gasteiger partial charge in [-0.15, -0.1) is 23.1 Å². The van der Waals surface area contributed by atoms with Crippen LogP contribution >= 0.6 is 30.4 Å². The summed E-state index contributed by atoms with van der Waals surface area (Å²) in [5.41, 5.74) is 2.40. The van der Waals surface area contributed by atoms with E-state index in [9.17, 15) is 0 Å². The van der Waals surface area contributed by atoms with Crippen LogP contribution in [0.15, 0.2) is 126 Å². The van der Waals surface area contributed by atoms with Gasteiger partial charge in [0.1, 0.15) is 5.01 Å². The average Bonchev–Trinajstić information content (AvgIpc) is 3.31. The molecule has 0 fully saturated rings. The van der Waals surface area contributed by atoms with Crippen molar-refractivity contribution in [2.75, 3.05) is 5.75 Å². The summed E-state index contributed by atoms with van der Waals surface area (Å²) in [6, 6.07) is 43.6. The minimum atomic E-state index is -2.19. The van der Waals surface area contributed by atoms with E-state index in [-0.39, 0.29) is 0 Å². The van der Waals surface area contributed by atoms with Gasteiger partial charge in [-0.2, -0.15) is 0 Å². The third-order valence-corrected chi connectivity index (χ3v) is 12.4. The van der Waals surface area contributed by atoms with Crippen molar-refractivity contribution in [2.45, 2.75) is 11.1 Å². The Bertz CT molecular complexity index is 1210. The maximum Gasteiger partial charge on any atom is 0.125 e. The van der Waals surface area contributed by atoms with Crippen molar-refractivity contribution >= 4 is 51.7 Å². The van der Waals surface area contributed by atoms with Crippen molar-refractivity contribution in [3.05, 3.63) is 121 Å². The molecule has 5 aromatic rings. The van der Waals surface area contributed by atoms with Gasteiger partial charge in [0.05, 0.1) is 9.64 Å². The molecule has 1 radical (unpaired) electrons. The molecule has 1 heterocycles. The van der Waals surface area contributed by atoms with Gasteiger partial charge in [-0.05, 0) is 21.7 Å². The SMILES string of the molecule is CCSc1sc(-c2ccccc2)nc1[P](c1ccccc1)(c1ccccc1)c1ccccc1. The number of thioether (sulfide) groups is 1. The zero-order chi connectivity index (χ0) is 22.5. The van der Waals surface area contributed by atoms with Gasteiger partial charge < -0.3 is 0 Å². The quantitative estimate of drug-likeness (QED) is 0.193. The molecule has 1 nitrogen and oxygen atoms in total. The van der Waals surface area contributed by atoms with E-state index in [4.69, 9.17) is 4.98 Å². The van der Waals surface area contributed by atoms with Crippen LogP contribution in [0.25, 0.3) is 10.6 Å². The minimum Gasteiger partial charge on any atom is -0.234 e. The molecule has 0 aliphatic rings. The van der Waals surface area contributed by atoms with Crippen molar-refractivity contribution in [2.24, 2.45) is 0 Å². The van der Waals surface area contributed by atoms with Crippen LogP contribution < -0.4 is 21.3 Å². The van der Waals surface area contributed by atoms with Crippen LogP contribution in [0.2, 0.25) is 0 Å². The molecule has 0 spiro atoms. The highest BCUT2D eigenvalue weighted by Gasteiger charge is 2.40. The first-order valence-electron chi connectivity index (χ1n) is 11.1. The van der Waals surface area contributed by atoms with E-state index < -0.39 is 7.26 Å². The maximum atomic E-state index is 5.45. The van der Waals surface area contributed by atoms with Crippen molar-refractivity contribution < 1.29 is 0 Å². The Kier molecular flexibility index (Phi) is 6.73. The fourth-order valence-corrected chi connectivity index (χ4v) is 11.4. The summed E-state index contributed by atoms with van der Waals surface area (Å²) < 4.78 is 1.32. The van der Waals surface area contributed by atoms with Crippen molar-refractivity contribution in [3.8, 4) is 10.6 Å². The summed E-state index contributed by atoms with van der Waals surface area (Å²) in [6.07, 6.45) is 0. The molecule has 0 aliphatic heterocycles. The fraction of sp³-hybridized carbons (Fsp3) is 0.0690. The van der Waals surface area contributed by atoms with Crippen molar-refractivity contribution in [1.29, 1.82) is 0 Å². The molecular weight excluding hydrogens is 457 g/mol. The van der Waals surface area contributed by atoms with Gasteiger partial charge in [-0.1, -0.05) is 128 Å². The molecule has 5 rings (SSSR count). The Hall–Kier alpha value is -2.71. The molecule has 163 valence electrons. The van der Waals surface area contributed by atoms with Gasteiger partial charge in [-0.25, -0.2) is 4.98 Å². The predicted octanol–water partition coefficient (Wildman–Crippen LogP) is 6.54. The molecule has 0 atom stereocenters. The number of aromatic nitrogens is 1. The van der Waals surface area contributed by atoms with Crippen molar-refractivity contribution in [3.63, 3.8) is 0 Å². The summed E-state index contributed by atoms with van der Waals surface area (Å²) in [6.45, 7) is 2.23. The lowest BCUT2D eigenvalue weighted by molar-refractivity contribution is 1.43. The molecule has 4 heteroatoms. The lowest BCUT2D eigenvalue weighted by atomic mass is 10.2. The van der Waals surface area contributed by atoms with E-state index in [2.05, 4.69) is 128 Å². The van der Waals surface area contributed by atoms with Crippen LogP contribution in [0.3, 0.4) is 0 Å². The van der Waals surface area contributed by atoms with Crippen LogP contribution in [-0.2, 0) is 0 Å². The Balaban J connectivity index is 1.89. The molecule has 0 bridgehead atoms. The summed E-state index contributed by atoms with van der Waals surface area (Å²) >= 11 is 3.74. The van der Waals surface area contributed by atoms with E-state index in [0.717, 1.165) is 10.8 Å². The Morgan fingerprint density at radius 2 is 1.06 bits per heavy atom. The van der Waals surface area contributed by atoms with Crippen LogP contribution in [0, 0.1) is 0 Å². The lowest BCUT2D eigenvalue weighted by Gasteiger charge is -2.37. The van der Waals surface area contributed by atoms with E-state index in [1.807, 2.05) is 23.1 Å². The summed E-state index contributed by atoms with van der Waals surface area (Å²) in [4.78, 5) is 5.45. The van der Waals surface area contributed by atoms with Crippen LogP contribution in [0.1, 0.15) is 6.92 Å². The van der Waals surface area contributed by atoms with Gasteiger partial charge in [0.15, 0.2) is 0 Å². The van der Waals surface area contributed by atoms with E-state index in [0.29, 0.717) is 0 Å². The maximum absolute atomic E-state index is 5.45. The first kappa shape index (κ1) is 22.1. The highest BCUT2D eigenvalue weighted by molar-refractivity contribution is 8.05. The molecule has 0 saturated carbocycles. The zero-order valence-corrected chi connectivity index (χ0v) is 21.0. The molecule has 33 heavy (non-hydrogen) atoms. The topological polar surface area (TPSA) is 12.9 Å². The smallest absolute Gasteiger partial charge is 0.125 e. The van der Waals surface area contributed by atoms with E-state index in [1.165, 1.54) is 31.1 Å². The van der Waals surface area contributed by atoms with Gasteiger partial charge in [0.2, 0.25) is 0 Å². The van der Waals surface area contributed by atoms with Crippen LogP contribution in [-0.4, -0.2) is 10.7 Å². The highest BCUT2D eigenvalue weighted by Crippen LogP contribution is 2.56. The first-order chi connectivity index (χ1) is 16.3. The number of benzene rings is 4. The summed E-state index contributed by atoms with van der Waals surface area (Å²) in [5.74, 6) is 1.02. The third-order valence-electron chi connectivity index (χ3n) is 5.62. The molecule has 4 aromatic carbocycles. The van der Waals surface area contributed by atoms with Gasteiger partial charge >= 0.3 is 0 Å². The number of nitrogens with zero attached hydrogens (tertiary/aromatic N) is 1. The molecule has 1 aromatic heterocycles. The minimum absolute atomic E-state index is 1.02. The molecule has 0 unspecified atom stereocenters. The van der Waals surface area contributed by atoms with Crippen molar-refractivity contribution in [1.82, 2.24) is 4.98 Å². The molecule has 0 N–H and O–H groups in total.